The third kappa shape index (κ3) is 1.59. The van der Waals surface area contributed by atoms with Crippen LogP contribution in [0.3, 0.4) is 0 Å². The number of hydrogen-bond acceptors (Lipinski definition) is 1. The van der Waals surface area contributed by atoms with Crippen LogP contribution in [0, 0.1) is 0 Å². The fourth-order valence-corrected chi connectivity index (χ4v) is 2.83. The first-order valence-electron chi connectivity index (χ1n) is 5.67. The van der Waals surface area contributed by atoms with E-state index < -0.39 is 0 Å². The minimum absolute atomic E-state index is 1.12. The molecule has 2 aromatic rings. The molecule has 0 radical (unpaired) electrons. The number of hydrogen-bond donors (Lipinski definition) is 1. The molecule has 0 spiro atoms. The molecule has 1 heterocycles. The smallest absolute Gasteiger partial charge is 0.0966 e. The molecule has 1 aromatic carbocycles. The van der Waals surface area contributed by atoms with Gasteiger partial charge in [-0.25, -0.2) is 0 Å². The van der Waals surface area contributed by atoms with E-state index in [0.29, 0.717) is 0 Å². The van der Waals surface area contributed by atoms with Gasteiger partial charge < -0.3 is 0 Å². The van der Waals surface area contributed by atoms with E-state index in [0.717, 1.165) is 23.0 Å². The first kappa shape index (κ1) is 10.1. The van der Waals surface area contributed by atoms with Crippen LogP contribution < -0.4 is 0 Å². The highest BCUT2D eigenvalue weighted by molar-refractivity contribution is 9.10. The lowest BCUT2D eigenvalue weighted by Crippen LogP contribution is -2.01. The molecular formula is C13H13BrN2. The second kappa shape index (κ2) is 4.06. The van der Waals surface area contributed by atoms with Gasteiger partial charge >= 0.3 is 0 Å². The Hall–Kier alpha value is -1.09. The van der Waals surface area contributed by atoms with E-state index >= 15 is 0 Å². The number of benzene rings is 1. The highest BCUT2D eigenvalue weighted by atomic mass is 79.9. The normalized spacial score (nSPS) is 14.8. The third-order valence-corrected chi connectivity index (χ3v) is 3.88. The third-order valence-electron chi connectivity index (χ3n) is 3.19. The molecule has 1 aliphatic rings. The van der Waals surface area contributed by atoms with Gasteiger partial charge in [0.15, 0.2) is 0 Å². The van der Waals surface area contributed by atoms with Crippen molar-refractivity contribution in [2.45, 2.75) is 25.7 Å². The number of nitrogens with zero attached hydrogens (tertiary/aromatic N) is 1. The summed E-state index contributed by atoms with van der Waals surface area (Å²) >= 11 is 3.59. The summed E-state index contributed by atoms with van der Waals surface area (Å²) in [4.78, 5) is 0. The Balaban J connectivity index is 2.13. The summed E-state index contributed by atoms with van der Waals surface area (Å²) in [6.45, 7) is 0. The van der Waals surface area contributed by atoms with Crippen molar-refractivity contribution in [3.05, 3.63) is 40.0 Å². The van der Waals surface area contributed by atoms with Gasteiger partial charge in [0.25, 0.3) is 0 Å². The largest absolute Gasteiger partial charge is 0.282 e. The zero-order valence-corrected chi connectivity index (χ0v) is 10.5. The zero-order chi connectivity index (χ0) is 11.0. The topological polar surface area (TPSA) is 28.7 Å². The molecule has 2 nitrogen and oxygen atoms in total. The lowest BCUT2D eigenvalue weighted by atomic mass is 9.94. The van der Waals surface area contributed by atoms with Crippen LogP contribution in [0.4, 0.5) is 0 Å². The van der Waals surface area contributed by atoms with Crippen LogP contribution >= 0.6 is 15.9 Å². The van der Waals surface area contributed by atoms with Gasteiger partial charge in [-0.2, -0.15) is 5.10 Å². The average molecular weight is 277 g/mol. The van der Waals surface area contributed by atoms with Gasteiger partial charge in [0.2, 0.25) is 0 Å². The molecule has 0 aliphatic heterocycles. The van der Waals surface area contributed by atoms with E-state index in [2.05, 4.69) is 44.3 Å². The van der Waals surface area contributed by atoms with Crippen LogP contribution in [0.1, 0.15) is 24.1 Å². The summed E-state index contributed by atoms with van der Waals surface area (Å²) < 4.78 is 1.12. The lowest BCUT2D eigenvalue weighted by molar-refractivity contribution is 0.675. The van der Waals surface area contributed by atoms with E-state index in [1.54, 1.807) is 0 Å². The Kier molecular flexibility index (Phi) is 2.56. The van der Waals surface area contributed by atoms with Gasteiger partial charge in [-0.15, -0.1) is 0 Å². The molecule has 82 valence electrons. The SMILES string of the molecule is Brc1ccccc1-c1n[nH]c2c1CCCC2. The van der Waals surface area contributed by atoms with Crippen molar-refractivity contribution in [1.29, 1.82) is 0 Å². The minimum atomic E-state index is 1.12. The highest BCUT2D eigenvalue weighted by Crippen LogP contribution is 2.33. The molecule has 1 aromatic heterocycles. The summed E-state index contributed by atoms with van der Waals surface area (Å²) in [5, 5.41) is 7.65. The summed E-state index contributed by atoms with van der Waals surface area (Å²) in [6, 6.07) is 8.28. The molecule has 1 N–H and O–H groups in total. The van der Waals surface area contributed by atoms with E-state index in [4.69, 9.17) is 0 Å². The minimum Gasteiger partial charge on any atom is -0.282 e. The van der Waals surface area contributed by atoms with Gasteiger partial charge in [0, 0.05) is 21.3 Å². The number of aromatic nitrogens is 2. The van der Waals surface area contributed by atoms with Crippen molar-refractivity contribution in [2.75, 3.05) is 0 Å². The van der Waals surface area contributed by atoms with Crippen molar-refractivity contribution >= 4 is 15.9 Å². The molecule has 0 saturated heterocycles. The molecule has 0 fully saturated rings. The zero-order valence-electron chi connectivity index (χ0n) is 8.96. The maximum absolute atomic E-state index is 4.47. The van der Waals surface area contributed by atoms with Gasteiger partial charge in [0.1, 0.15) is 0 Å². The van der Waals surface area contributed by atoms with Gasteiger partial charge in [-0.05, 0) is 31.7 Å². The van der Waals surface area contributed by atoms with Gasteiger partial charge in [0.05, 0.1) is 5.69 Å². The summed E-state index contributed by atoms with van der Waals surface area (Å²) in [7, 11) is 0. The van der Waals surface area contributed by atoms with Crippen LogP contribution in [0.2, 0.25) is 0 Å². The molecule has 0 saturated carbocycles. The van der Waals surface area contributed by atoms with Gasteiger partial charge in [-0.1, -0.05) is 34.1 Å². The summed E-state index contributed by atoms with van der Waals surface area (Å²) in [5.41, 5.74) is 5.07. The first-order valence-corrected chi connectivity index (χ1v) is 6.46. The second-order valence-electron chi connectivity index (χ2n) is 4.22. The summed E-state index contributed by atoms with van der Waals surface area (Å²) in [6.07, 6.45) is 4.86. The van der Waals surface area contributed by atoms with Crippen LogP contribution in [0.5, 0.6) is 0 Å². The molecule has 0 unspecified atom stereocenters. The van der Waals surface area contributed by atoms with E-state index in [-0.39, 0.29) is 0 Å². The van der Waals surface area contributed by atoms with Crippen molar-refractivity contribution in [2.24, 2.45) is 0 Å². The summed E-state index contributed by atoms with van der Waals surface area (Å²) in [5.74, 6) is 0. The Labute approximate surface area is 103 Å². The number of halogens is 1. The molecule has 3 rings (SSSR count). The monoisotopic (exact) mass is 276 g/mol. The van der Waals surface area contributed by atoms with E-state index in [1.807, 2.05) is 6.07 Å². The molecule has 0 amide bonds. The number of fused-ring (bicyclic) bond motifs is 1. The maximum atomic E-state index is 4.47. The quantitative estimate of drug-likeness (QED) is 0.845. The lowest BCUT2D eigenvalue weighted by Gasteiger charge is -2.11. The van der Waals surface area contributed by atoms with Crippen molar-refractivity contribution in [1.82, 2.24) is 10.2 Å². The Morgan fingerprint density at radius 1 is 1.12 bits per heavy atom. The first-order chi connectivity index (χ1) is 7.86. The van der Waals surface area contributed by atoms with Crippen molar-refractivity contribution in [3.63, 3.8) is 0 Å². The van der Waals surface area contributed by atoms with E-state index in [1.165, 1.54) is 29.7 Å². The second-order valence-corrected chi connectivity index (χ2v) is 5.07. The highest BCUT2D eigenvalue weighted by Gasteiger charge is 2.18. The number of H-pyrrole nitrogens is 1. The van der Waals surface area contributed by atoms with Crippen molar-refractivity contribution in [3.8, 4) is 11.3 Å². The molecule has 3 heteroatoms. The standard InChI is InChI=1S/C13H13BrN2/c14-11-7-3-1-5-9(11)13-10-6-2-4-8-12(10)15-16-13/h1,3,5,7H,2,4,6,8H2,(H,15,16). The van der Waals surface area contributed by atoms with Crippen molar-refractivity contribution < 1.29 is 0 Å². The Morgan fingerprint density at radius 2 is 1.94 bits per heavy atom. The average Bonchev–Trinajstić information content (AvgIpc) is 2.74. The fraction of sp³-hybridized carbons (Fsp3) is 0.308. The Bertz CT molecular complexity index is 516. The molecular weight excluding hydrogens is 264 g/mol. The maximum Gasteiger partial charge on any atom is 0.0966 e. The molecule has 0 bridgehead atoms. The van der Waals surface area contributed by atoms with Crippen LogP contribution in [0.25, 0.3) is 11.3 Å². The number of nitrogens with one attached hydrogen (secondary N) is 1. The predicted molar refractivity (Wildman–Crippen MR) is 68.4 cm³/mol. The molecule has 1 aliphatic carbocycles. The number of rotatable bonds is 1. The Morgan fingerprint density at radius 3 is 2.81 bits per heavy atom. The van der Waals surface area contributed by atoms with Crippen LogP contribution in [-0.2, 0) is 12.8 Å². The van der Waals surface area contributed by atoms with E-state index in [9.17, 15) is 0 Å². The molecule has 0 atom stereocenters. The number of aromatic amines is 1. The van der Waals surface area contributed by atoms with Gasteiger partial charge in [-0.3, -0.25) is 5.10 Å². The van der Waals surface area contributed by atoms with Crippen LogP contribution in [0.15, 0.2) is 28.7 Å². The molecule has 16 heavy (non-hydrogen) atoms. The number of aryl methyl sites for hydroxylation is 1. The fourth-order valence-electron chi connectivity index (χ4n) is 2.36. The van der Waals surface area contributed by atoms with Crippen LogP contribution in [-0.4, -0.2) is 10.2 Å². The predicted octanol–water partition coefficient (Wildman–Crippen LogP) is 3.72.